The van der Waals surface area contributed by atoms with E-state index in [1.54, 1.807) is 0 Å². The van der Waals surface area contributed by atoms with Gasteiger partial charge < -0.3 is 9.47 Å². The molecule has 1 aliphatic carbocycles. The summed E-state index contributed by atoms with van der Waals surface area (Å²) in [6.45, 7) is 0. The van der Waals surface area contributed by atoms with E-state index in [2.05, 4.69) is 0 Å². The molecule has 4 nitrogen and oxygen atoms in total. The highest BCUT2D eigenvalue weighted by molar-refractivity contribution is 8.77. The number of ether oxygens (including phenoxy) is 2. The molecule has 0 radical (unpaired) electrons. The summed E-state index contributed by atoms with van der Waals surface area (Å²) in [7, 11) is 7.99. The topological polar surface area (TPSA) is 52.6 Å². The summed E-state index contributed by atoms with van der Waals surface area (Å²) in [5, 5.41) is 1.58. The third-order valence-corrected chi connectivity index (χ3v) is 12.5. The summed E-state index contributed by atoms with van der Waals surface area (Å²) >= 11 is 0. The molecule has 0 N–H and O–H groups in total. The minimum atomic E-state index is -0.0263. The maximum Gasteiger partial charge on any atom is 0.306 e. The maximum absolute atomic E-state index is 12.2. The van der Waals surface area contributed by atoms with Gasteiger partial charge in [0.1, 0.15) is 12.2 Å². The number of rotatable bonds is 12. The molecule has 0 bridgehead atoms. The fraction of sp³-hybridized carbons (Fsp3) is 0.917. The van der Waals surface area contributed by atoms with Crippen molar-refractivity contribution in [1.82, 2.24) is 0 Å². The van der Waals surface area contributed by atoms with Gasteiger partial charge in [0.25, 0.3) is 0 Å². The fourth-order valence-electron chi connectivity index (χ4n) is 4.57. The molecular formula is C24H40O4S4. The van der Waals surface area contributed by atoms with Crippen molar-refractivity contribution in [2.75, 3.05) is 11.5 Å². The predicted octanol–water partition coefficient (Wildman–Crippen LogP) is 7.59. The molecule has 0 aromatic rings. The quantitative estimate of drug-likeness (QED) is 0.148. The summed E-state index contributed by atoms with van der Waals surface area (Å²) in [5.74, 6) is 2.50. The van der Waals surface area contributed by atoms with Crippen LogP contribution < -0.4 is 0 Å². The van der Waals surface area contributed by atoms with Crippen LogP contribution in [0.3, 0.4) is 0 Å². The van der Waals surface area contributed by atoms with Crippen LogP contribution in [-0.2, 0) is 19.1 Å². The van der Waals surface area contributed by atoms with Crippen molar-refractivity contribution in [3.05, 3.63) is 0 Å². The number of hydrogen-bond donors (Lipinski definition) is 0. The number of carbonyl (C=O) groups excluding carboxylic acids is 2. The first-order valence-electron chi connectivity index (χ1n) is 12.6. The number of hydrogen-bond acceptors (Lipinski definition) is 8. The first-order chi connectivity index (χ1) is 15.7. The molecule has 3 aliphatic rings. The Morgan fingerprint density at radius 2 is 1.06 bits per heavy atom. The van der Waals surface area contributed by atoms with Crippen molar-refractivity contribution in [2.24, 2.45) is 0 Å². The van der Waals surface area contributed by atoms with E-state index in [1.807, 2.05) is 43.2 Å². The SMILES string of the molecule is O=C(CCCCC1CCSS1)OC1CCCC(OC(=O)CCCCC2CCSS2)CCC1. The molecule has 8 heteroatoms. The van der Waals surface area contributed by atoms with E-state index in [4.69, 9.17) is 9.47 Å². The van der Waals surface area contributed by atoms with Crippen molar-refractivity contribution < 1.29 is 19.1 Å². The van der Waals surface area contributed by atoms with Crippen LogP contribution in [0.1, 0.15) is 103 Å². The van der Waals surface area contributed by atoms with Crippen molar-refractivity contribution in [2.45, 2.75) is 125 Å². The van der Waals surface area contributed by atoms with Crippen molar-refractivity contribution in [3.8, 4) is 0 Å². The Hall–Kier alpha value is 0.340. The fourth-order valence-corrected chi connectivity index (χ4v) is 10.6. The molecule has 2 saturated heterocycles. The van der Waals surface area contributed by atoms with Crippen molar-refractivity contribution in [3.63, 3.8) is 0 Å². The van der Waals surface area contributed by atoms with Gasteiger partial charge in [0.15, 0.2) is 0 Å². The summed E-state index contributed by atoms with van der Waals surface area (Å²) in [5.41, 5.74) is 0. The lowest BCUT2D eigenvalue weighted by atomic mass is 9.96. The average Bonchev–Trinajstić information content (AvgIpc) is 3.46. The molecule has 3 rings (SSSR count). The highest BCUT2D eigenvalue weighted by atomic mass is 33.1. The zero-order chi connectivity index (χ0) is 22.4. The maximum atomic E-state index is 12.2. The van der Waals surface area contributed by atoms with Gasteiger partial charge in [-0.25, -0.2) is 0 Å². The Morgan fingerprint density at radius 1 is 0.625 bits per heavy atom. The zero-order valence-corrected chi connectivity index (χ0v) is 22.6. The second-order valence-electron chi connectivity index (χ2n) is 9.23. The monoisotopic (exact) mass is 520 g/mol. The van der Waals surface area contributed by atoms with Gasteiger partial charge in [0.05, 0.1) is 0 Å². The second kappa shape index (κ2) is 16.1. The zero-order valence-electron chi connectivity index (χ0n) is 19.3. The minimum Gasteiger partial charge on any atom is -0.462 e. The summed E-state index contributed by atoms with van der Waals surface area (Å²) in [6.07, 6.45) is 16.0. The average molecular weight is 521 g/mol. The molecular weight excluding hydrogens is 481 g/mol. The Kier molecular flexibility index (Phi) is 13.5. The lowest BCUT2D eigenvalue weighted by Crippen LogP contribution is -2.24. The lowest BCUT2D eigenvalue weighted by molar-refractivity contribution is -0.152. The molecule has 0 spiro atoms. The highest BCUT2D eigenvalue weighted by Gasteiger charge is 2.22. The molecule has 0 aromatic heterocycles. The van der Waals surface area contributed by atoms with Crippen LogP contribution in [0.15, 0.2) is 0 Å². The number of esters is 2. The van der Waals surface area contributed by atoms with E-state index in [-0.39, 0.29) is 24.1 Å². The number of carbonyl (C=O) groups is 2. The van der Waals surface area contributed by atoms with Crippen LogP contribution >= 0.6 is 43.2 Å². The minimum absolute atomic E-state index is 0.0263. The standard InChI is InChI=1S/C24H40O4S4/c25-23(13-3-1-11-21-15-17-29-31-21)27-19-7-5-9-20(10-6-8-19)28-24(26)14-4-2-12-22-16-18-30-32-22/h19-22H,1-18H2. The summed E-state index contributed by atoms with van der Waals surface area (Å²) in [6, 6.07) is 0. The molecule has 32 heavy (non-hydrogen) atoms. The predicted molar refractivity (Wildman–Crippen MR) is 141 cm³/mol. The van der Waals surface area contributed by atoms with Gasteiger partial charge in [-0.05, 0) is 77.0 Å². The molecule has 3 fully saturated rings. The van der Waals surface area contributed by atoms with Crippen LogP contribution in [0.4, 0.5) is 0 Å². The van der Waals surface area contributed by atoms with Gasteiger partial charge in [-0.3, -0.25) is 9.59 Å². The normalized spacial score (nSPS) is 28.8. The van der Waals surface area contributed by atoms with Crippen LogP contribution in [0.5, 0.6) is 0 Å². The molecule has 1 saturated carbocycles. The molecule has 2 unspecified atom stereocenters. The Morgan fingerprint density at radius 3 is 1.44 bits per heavy atom. The van der Waals surface area contributed by atoms with Gasteiger partial charge in [0.2, 0.25) is 0 Å². The van der Waals surface area contributed by atoms with E-state index >= 15 is 0 Å². The third kappa shape index (κ3) is 11.2. The van der Waals surface area contributed by atoms with Crippen LogP contribution in [0.2, 0.25) is 0 Å². The van der Waals surface area contributed by atoms with Crippen molar-refractivity contribution in [1.29, 1.82) is 0 Å². The molecule has 0 aromatic carbocycles. The Labute approximate surface area is 210 Å². The summed E-state index contributed by atoms with van der Waals surface area (Å²) in [4.78, 5) is 24.4. The number of unbranched alkanes of at least 4 members (excludes halogenated alkanes) is 2. The van der Waals surface area contributed by atoms with Crippen LogP contribution in [0.25, 0.3) is 0 Å². The summed E-state index contributed by atoms with van der Waals surface area (Å²) < 4.78 is 11.5. The second-order valence-corrected chi connectivity index (χ2v) is 14.8. The highest BCUT2D eigenvalue weighted by Crippen LogP contribution is 2.40. The smallest absolute Gasteiger partial charge is 0.306 e. The van der Waals surface area contributed by atoms with E-state index in [1.165, 1.54) is 37.2 Å². The van der Waals surface area contributed by atoms with E-state index in [9.17, 15) is 9.59 Å². The van der Waals surface area contributed by atoms with Gasteiger partial charge in [-0.1, -0.05) is 56.0 Å². The van der Waals surface area contributed by atoms with Gasteiger partial charge in [-0.15, -0.1) is 0 Å². The first kappa shape index (κ1) is 26.9. The molecule has 0 amide bonds. The third-order valence-electron chi connectivity index (χ3n) is 6.47. The van der Waals surface area contributed by atoms with E-state index < -0.39 is 0 Å². The Bertz CT molecular complexity index is 494. The van der Waals surface area contributed by atoms with Crippen molar-refractivity contribution >= 4 is 55.1 Å². The van der Waals surface area contributed by atoms with Gasteiger partial charge >= 0.3 is 11.9 Å². The largest absolute Gasteiger partial charge is 0.462 e. The van der Waals surface area contributed by atoms with Crippen LogP contribution in [-0.4, -0.2) is 46.2 Å². The molecule has 184 valence electrons. The lowest BCUT2D eigenvalue weighted by Gasteiger charge is -2.25. The molecule has 2 aliphatic heterocycles. The van der Waals surface area contributed by atoms with Gasteiger partial charge in [0, 0.05) is 34.8 Å². The molecule has 2 atom stereocenters. The van der Waals surface area contributed by atoms with Gasteiger partial charge in [-0.2, -0.15) is 0 Å². The van der Waals surface area contributed by atoms with Crippen LogP contribution in [0, 0.1) is 0 Å². The van der Waals surface area contributed by atoms with E-state index in [0.717, 1.165) is 74.7 Å². The first-order valence-corrected chi connectivity index (χ1v) is 17.4. The Balaban J connectivity index is 1.20. The van der Waals surface area contributed by atoms with E-state index in [0.29, 0.717) is 12.8 Å². The molecule has 2 heterocycles.